The van der Waals surface area contributed by atoms with Gasteiger partial charge in [-0.3, -0.25) is 4.79 Å². The van der Waals surface area contributed by atoms with Crippen molar-refractivity contribution in [2.75, 3.05) is 5.32 Å². The monoisotopic (exact) mass is 297 g/mol. The summed E-state index contributed by atoms with van der Waals surface area (Å²) < 4.78 is 0. The van der Waals surface area contributed by atoms with Gasteiger partial charge in [-0.25, -0.2) is 0 Å². The number of anilines is 1. The number of benzene rings is 1. The summed E-state index contributed by atoms with van der Waals surface area (Å²) in [7, 11) is 0. The number of rotatable bonds is 3. The molecule has 1 N–H and O–H groups in total. The van der Waals surface area contributed by atoms with Crippen molar-refractivity contribution in [2.45, 2.75) is 32.1 Å². The zero-order chi connectivity index (χ0) is 13.4. The molecule has 0 heterocycles. The van der Waals surface area contributed by atoms with Crippen LogP contribution in [0.2, 0.25) is 10.0 Å². The van der Waals surface area contributed by atoms with E-state index in [1.54, 1.807) is 18.2 Å². The van der Waals surface area contributed by atoms with Gasteiger partial charge in [-0.05, 0) is 55.2 Å². The quantitative estimate of drug-likeness (QED) is 0.856. The van der Waals surface area contributed by atoms with Gasteiger partial charge >= 0.3 is 0 Å². The minimum Gasteiger partial charge on any atom is -0.326 e. The third kappa shape index (κ3) is 2.90. The summed E-state index contributed by atoms with van der Waals surface area (Å²) in [6.45, 7) is 0. The van der Waals surface area contributed by atoms with E-state index >= 15 is 0 Å². The Balaban J connectivity index is 1.57. The van der Waals surface area contributed by atoms with Crippen LogP contribution in [-0.2, 0) is 4.79 Å². The summed E-state index contributed by atoms with van der Waals surface area (Å²) in [5.41, 5.74) is 0.725. The Morgan fingerprint density at radius 3 is 2.68 bits per heavy atom. The van der Waals surface area contributed by atoms with E-state index in [0.717, 1.165) is 17.5 Å². The van der Waals surface area contributed by atoms with E-state index in [1.165, 1.54) is 25.7 Å². The molecule has 0 saturated heterocycles. The Labute approximate surface area is 123 Å². The van der Waals surface area contributed by atoms with Crippen LogP contribution >= 0.6 is 23.2 Å². The highest BCUT2D eigenvalue weighted by molar-refractivity contribution is 6.42. The van der Waals surface area contributed by atoms with Gasteiger partial charge < -0.3 is 5.32 Å². The molecule has 1 amide bonds. The lowest BCUT2D eigenvalue weighted by atomic mass is 9.86. The van der Waals surface area contributed by atoms with Crippen LogP contribution in [0.1, 0.15) is 32.1 Å². The lowest BCUT2D eigenvalue weighted by molar-refractivity contribution is -0.117. The predicted octanol–water partition coefficient (Wildman–Crippen LogP) is 4.76. The first-order chi connectivity index (χ1) is 9.11. The Bertz CT molecular complexity index is 503. The Kier molecular flexibility index (Phi) is 3.72. The van der Waals surface area contributed by atoms with Crippen molar-refractivity contribution >= 4 is 34.8 Å². The Morgan fingerprint density at radius 2 is 2.05 bits per heavy atom. The predicted molar refractivity (Wildman–Crippen MR) is 78.6 cm³/mol. The first-order valence-corrected chi connectivity index (χ1v) is 7.62. The average molecular weight is 298 g/mol. The van der Waals surface area contributed by atoms with Crippen LogP contribution < -0.4 is 5.32 Å². The molecule has 2 aliphatic rings. The first kappa shape index (κ1) is 13.3. The number of carbonyl (C=O) groups is 1. The molecule has 2 bridgehead atoms. The molecule has 1 aromatic rings. The van der Waals surface area contributed by atoms with Gasteiger partial charge in [0.05, 0.1) is 10.0 Å². The molecular formula is C15H17Cl2NO. The zero-order valence-electron chi connectivity index (χ0n) is 10.7. The van der Waals surface area contributed by atoms with E-state index in [9.17, 15) is 4.79 Å². The van der Waals surface area contributed by atoms with Crippen molar-refractivity contribution in [3.63, 3.8) is 0 Å². The van der Waals surface area contributed by atoms with Crippen molar-refractivity contribution in [3.05, 3.63) is 28.2 Å². The summed E-state index contributed by atoms with van der Waals surface area (Å²) in [5, 5.41) is 3.89. The summed E-state index contributed by atoms with van der Waals surface area (Å²) in [6.07, 6.45) is 5.90. The molecule has 2 nitrogen and oxygen atoms in total. The highest BCUT2D eigenvalue weighted by atomic mass is 35.5. The van der Waals surface area contributed by atoms with Gasteiger partial charge in [0.25, 0.3) is 0 Å². The van der Waals surface area contributed by atoms with Crippen LogP contribution in [0, 0.1) is 17.8 Å². The van der Waals surface area contributed by atoms with Crippen molar-refractivity contribution in [1.29, 1.82) is 0 Å². The summed E-state index contributed by atoms with van der Waals surface area (Å²) in [5.74, 6) is 2.34. The van der Waals surface area contributed by atoms with Gasteiger partial charge in [0.1, 0.15) is 0 Å². The molecule has 4 heteroatoms. The molecule has 0 radical (unpaired) electrons. The maximum Gasteiger partial charge on any atom is 0.224 e. The first-order valence-electron chi connectivity index (χ1n) is 6.86. The Hall–Kier alpha value is -0.730. The summed E-state index contributed by atoms with van der Waals surface area (Å²) >= 11 is 11.8. The van der Waals surface area contributed by atoms with E-state index < -0.39 is 0 Å². The van der Waals surface area contributed by atoms with E-state index in [1.807, 2.05) is 0 Å². The standard InChI is InChI=1S/C15H17Cl2NO/c16-13-4-3-12(8-14(13)17)18-15(19)7-11-6-9-1-2-10(11)5-9/h3-4,8-11H,1-2,5-7H2,(H,18,19). The number of fused-ring (bicyclic) bond motifs is 2. The van der Waals surface area contributed by atoms with E-state index in [-0.39, 0.29) is 5.91 Å². The SMILES string of the molecule is O=C(CC1CC2CCC1C2)Nc1ccc(Cl)c(Cl)c1. The molecule has 0 aliphatic heterocycles. The van der Waals surface area contributed by atoms with E-state index in [4.69, 9.17) is 23.2 Å². The van der Waals surface area contributed by atoms with Crippen LogP contribution in [0.5, 0.6) is 0 Å². The van der Waals surface area contributed by atoms with Gasteiger partial charge in [0.15, 0.2) is 0 Å². The van der Waals surface area contributed by atoms with Gasteiger partial charge in [0.2, 0.25) is 5.91 Å². The van der Waals surface area contributed by atoms with Gasteiger partial charge in [-0.2, -0.15) is 0 Å². The molecule has 2 saturated carbocycles. The minimum atomic E-state index is 0.0935. The molecule has 0 spiro atoms. The number of amides is 1. The van der Waals surface area contributed by atoms with Crippen molar-refractivity contribution in [2.24, 2.45) is 17.8 Å². The lowest BCUT2D eigenvalue weighted by Crippen LogP contribution is -2.20. The van der Waals surface area contributed by atoms with Crippen LogP contribution in [0.3, 0.4) is 0 Å². The zero-order valence-corrected chi connectivity index (χ0v) is 12.2. The molecule has 3 unspecified atom stereocenters. The maximum atomic E-state index is 12.1. The topological polar surface area (TPSA) is 29.1 Å². The second kappa shape index (κ2) is 5.34. The molecule has 19 heavy (non-hydrogen) atoms. The van der Waals surface area contributed by atoms with E-state index in [2.05, 4.69) is 5.32 Å². The van der Waals surface area contributed by atoms with Crippen LogP contribution in [0.15, 0.2) is 18.2 Å². The number of halogens is 2. The van der Waals surface area contributed by atoms with Crippen molar-refractivity contribution in [1.82, 2.24) is 0 Å². The fourth-order valence-electron chi connectivity index (χ4n) is 3.65. The molecule has 0 aromatic heterocycles. The fourth-order valence-corrected chi connectivity index (χ4v) is 3.95. The molecular weight excluding hydrogens is 281 g/mol. The molecule has 102 valence electrons. The van der Waals surface area contributed by atoms with Gasteiger partial charge in [-0.1, -0.05) is 29.6 Å². The highest BCUT2D eigenvalue weighted by Crippen LogP contribution is 2.49. The van der Waals surface area contributed by atoms with Gasteiger partial charge in [-0.15, -0.1) is 0 Å². The number of hydrogen-bond donors (Lipinski definition) is 1. The molecule has 1 aromatic carbocycles. The number of nitrogens with one attached hydrogen (secondary N) is 1. The van der Waals surface area contributed by atoms with Crippen LogP contribution in [-0.4, -0.2) is 5.91 Å². The highest BCUT2D eigenvalue weighted by Gasteiger charge is 2.40. The molecule has 2 aliphatic carbocycles. The summed E-state index contributed by atoms with van der Waals surface area (Å²) in [6, 6.07) is 5.19. The fraction of sp³-hybridized carbons (Fsp3) is 0.533. The van der Waals surface area contributed by atoms with Crippen LogP contribution in [0.25, 0.3) is 0 Å². The second-order valence-electron chi connectivity index (χ2n) is 5.82. The normalized spacial score (nSPS) is 28.6. The molecule has 3 rings (SSSR count). The Morgan fingerprint density at radius 1 is 1.21 bits per heavy atom. The number of carbonyl (C=O) groups excluding carboxylic acids is 1. The van der Waals surface area contributed by atoms with Crippen molar-refractivity contribution < 1.29 is 4.79 Å². The third-order valence-electron chi connectivity index (χ3n) is 4.54. The van der Waals surface area contributed by atoms with Gasteiger partial charge in [0, 0.05) is 12.1 Å². The number of hydrogen-bond acceptors (Lipinski definition) is 1. The minimum absolute atomic E-state index is 0.0935. The average Bonchev–Trinajstić information content (AvgIpc) is 2.96. The molecule has 2 fully saturated rings. The summed E-state index contributed by atoms with van der Waals surface area (Å²) in [4.78, 5) is 12.1. The lowest BCUT2D eigenvalue weighted by Gasteiger charge is -2.20. The molecule has 3 atom stereocenters. The third-order valence-corrected chi connectivity index (χ3v) is 5.27. The maximum absolute atomic E-state index is 12.1. The smallest absolute Gasteiger partial charge is 0.224 e. The largest absolute Gasteiger partial charge is 0.326 e. The van der Waals surface area contributed by atoms with E-state index in [0.29, 0.717) is 22.4 Å². The van der Waals surface area contributed by atoms with Crippen molar-refractivity contribution in [3.8, 4) is 0 Å². The second-order valence-corrected chi connectivity index (χ2v) is 6.63. The van der Waals surface area contributed by atoms with Crippen LogP contribution in [0.4, 0.5) is 5.69 Å².